The summed E-state index contributed by atoms with van der Waals surface area (Å²) < 4.78 is 6.19. The number of pyridine rings is 1. The molecule has 0 aliphatic carbocycles. The molecule has 3 heterocycles. The fourth-order valence-electron chi connectivity index (χ4n) is 2.55. The van der Waals surface area contributed by atoms with Crippen molar-refractivity contribution in [2.75, 3.05) is 52.0 Å². The number of fused-ring (bicyclic) bond motifs is 1. The minimum absolute atomic E-state index is 0.607. The molecular weight excluding hydrogens is 348 g/mol. The summed E-state index contributed by atoms with van der Waals surface area (Å²) in [6, 6.07) is 5.95. The first-order valence-corrected chi connectivity index (χ1v) is 9.30. The Morgan fingerprint density at radius 1 is 1.23 bits per heavy atom. The summed E-state index contributed by atoms with van der Waals surface area (Å²) in [5, 5.41) is 6.50. The number of aromatic nitrogens is 3. The molecule has 3 rings (SSSR count). The van der Waals surface area contributed by atoms with Crippen LogP contribution >= 0.6 is 11.3 Å². The van der Waals surface area contributed by atoms with Gasteiger partial charge in [0.05, 0.1) is 17.3 Å². The molecule has 7 nitrogen and oxygen atoms in total. The zero-order valence-electron chi connectivity index (χ0n) is 15.5. The van der Waals surface area contributed by atoms with Crippen LogP contribution in [0, 0.1) is 0 Å². The van der Waals surface area contributed by atoms with Gasteiger partial charge in [0.1, 0.15) is 5.82 Å². The topological polar surface area (TPSA) is 75.2 Å². The third kappa shape index (κ3) is 4.20. The quantitative estimate of drug-likeness (QED) is 0.588. The highest BCUT2D eigenvalue weighted by atomic mass is 32.1. The summed E-state index contributed by atoms with van der Waals surface area (Å²) in [6.45, 7) is 1.90. The van der Waals surface area contributed by atoms with Gasteiger partial charge >= 0.3 is 0 Å². The van der Waals surface area contributed by atoms with Gasteiger partial charge in [-0.15, -0.1) is 11.3 Å². The number of nitrogens with zero attached hydrogens (tertiary/aromatic N) is 4. The average Bonchev–Trinajstić information content (AvgIpc) is 3.09. The normalized spacial score (nSPS) is 11.1. The summed E-state index contributed by atoms with van der Waals surface area (Å²) in [4.78, 5) is 16.8. The van der Waals surface area contributed by atoms with Crippen molar-refractivity contribution in [2.45, 2.75) is 6.42 Å². The molecule has 0 radical (unpaired) electrons. The van der Waals surface area contributed by atoms with Crippen LogP contribution in [0.4, 0.5) is 11.8 Å². The van der Waals surface area contributed by atoms with Crippen LogP contribution in [0.5, 0.6) is 5.88 Å². The molecule has 0 unspecified atom stereocenters. The Labute approximate surface area is 157 Å². The molecule has 0 amide bonds. The van der Waals surface area contributed by atoms with Gasteiger partial charge in [0, 0.05) is 36.3 Å². The van der Waals surface area contributed by atoms with Crippen LogP contribution in [0.2, 0.25) is 0 Å². The van der Waals surface area contributed by atoms with Gasteiger partial charge in [-0.25, -0.2) is 9.97 Å². The van der Waals surface area contributed by atoms with E-state index in [0.29, 0.717) is 11.8 Å². The van der Waals surface area contributed by atoms with Gasteiger partial charge in [-0.3, -0.25) is 0 Å². The van der Waals surface area contributed by atoms with Crippen molar-refractivity contribution in [3.8, 4) is 16.3 Å². The Balaban J connectivity index is 1.89. The van der Waals surface area contributed by atoms with E-state index in [9.17, 15) is 0 Å². The van der Waals surface area contributed by atoms with E-state index in [1.165, 1.54) is 0 Å². The standard InChI is InChI=1S/C18H24N6OS/c1-19-18-22-13-10-14(12-6-7-15(25-4)21-11-12)26-16(13)17(23-18)20-8-5-9-24(2)3/h6-7,10-11H,5,8-9H2,1-4H3,(H2,19,20,22,23). The SMILES string of the molecule is CNc1nc(NCCCN(C)C)c2sc(-c3ccc(OC)nc3)cc2n1. The summed E-state index contributed by atoms with van der Waals surface area (Å²) in [7, 11) is 7.61. The first-order valence-electron chi connectivity index (χ1n) is 8.49. The van der Waals surface area contributed by atoms with Crippen LogP contribution in [0.3, 0.4) is 0 Å². The monoisotopic (exact) mass is 372 g/mol. The lowest BCUT2D eigenvalue weighted by Gasteiger charge is -2.11. The molecule has 0 saturated carbocycles. The van der Waals surface area contributed by atoms with E-state index in [1.807, 2.05) is 25.4 Å². The number of rotatable bonds is 8. The lowest BCUT2D eigenvalue weighted by Crippen LogP contribution is -2.16. The lowest BCUT2D eigenvalue weighted by molar-refractivity contribution is 0.398. The smallest absolute Gasteiger partial charge is 0.225 e. The fourth-order valence-corrected chi connectivity index (χ4v) is 3.61. The molecule has 3 aromatic rings. The number of thiophene rings is 1. The second-order valence-corrected chi connectivity index (χ2v) is 7.20. The van der Waals surface area contributed by atoms with E-state index in [2.05, 4.69) is 50.6 Å². The minimum atomic E-state index is 0.607. The van der Waals surface area contributed by atoms with Gasteiger partial charge < -0.3 is 20.3 Å². The highest BCUT2D eigenvalue weighted by Crippen LogP contribution is 2.36. The molecule has 0 atom stereocenters. The van der Waals surface area contributed by atoms with E-state index in [4.69, 9.17) is 4.74 Å². The summed E-state index contributed by atoms with van der Waals surface area (Å²) in [5.74, 6) is 2.09. The molecule has 0 aromatic carbocycles. The molecule has 0 spiro atoms. The van der Waals surface area contributed by atoms with Gasteiger partial charge in [-0.1, -0.05) is 0 Å². The van der Waals surface area contributed by atoms with E-state index < -0.39 is 0 Å². The third-order valence-electron chi connectivity index (χ3n) is 3.90. The van der Waals surface area contributed by atoms with Crippen molar-refractivity contribution in [1.82, 2.24) is 19.9 Å². The zero-order chi connectivity index (χ0) is 18.5. The Bertz CT molecular complexity index is 862. The summed E-state index contributed by atoms with van der Waals surface area (Å²) in [5.41, 5.74) is 1.97. The van der Waals surface area contributed by atoms with Gasteiger partial charge in [0.2, 0.25) is 11.8 Å². The molecular formula is C18H24N6OS. The first kappa shape index (κ1) is 18.3. The zero-order valence-corrected chi connectivity index (χ0v) is 16.4. The number of methoxy groups -OCH3 is 1. The van der Waals surface area contributed by atoms with Crippen molar-refractivity contribution in [3.63, 3.8) is 0 Å². The fraction of sp³-hybridized carbons (Fsp3) is 0.389. The van der Waals surface area contributed by atoms with Crippen LogP contribution < -0.4 is 15.4 Å². The molecule has 2 N–H and O–H groups in total. The molecule has 0 aliphatic rings. The highest BCUT2D eigenvalue weighted by Gasteiger charge is 2.13. The summed E-state index contributed by atoms with van der Waals surface area (Å²) in [6.07, 6.45) is 2.87. The Morgan fingerprint density at radius 3 is 2.73 bits per heavy atom. The lowest BCUT2D eigenvalue weighted by atomic mass is 10.2. The average molecular weight is 372 g/mol. The number of hydrogen-bond acceptors (Lipinski definition) is 8. The number of nitrogens with one attached hydrogen (secondary N) is 2. The molecule has 0 aliphatic heterocycles. The van der Waals surface area contributed by atoms with Crippen LogP contribution in [0.1, 0.15) is 6.42 Å². The summed E-state index contributed by atoms with van der Waals surface area (Å²) >= 11 is 1.67. The van der Waals surface area contributed by atoms with Crippen molar-refractivity contribution >= 4 is 33.3 Å². The van der Waals surface area contributed by atoms with Gasteiger partial charge in [-0.2, -0.15) is 4.98 Å². The molecule has 3 aromatic heterocycles. The third-order valence-corrected chi connectivity index (χ3v) is 5.08. The molecule has 0 bridgehead atoms. The van der Waals surface area contributed by atoms with Crippen LogP contribution in [0.25, 0.3) is 20.7 Å². The number of hydrogen-bond donors (Lipinski definition) is 2. The molecule has 26 heavy (non-hydrogen) atoms. The van der Waals surface area contributed by atoms with Crippen molar-refractivity contribution < 1.29 is 4.74 Å². The van der Waals surface area contributed by atoms with Crippen LogP contribution in [-0.4, -0.2) is 61.2 Å². The van der Waals surface area contributed by atoms with Crippen molar-refractivity contribution in [2.24, 2.45) is 0 Å². The molecule has 0 fully saturated rings. The van der Waals surface area contributed by atoms with E-state index in [-0.39, 0.29) is 0 Å². The second kappa shape index (κ2) is 8.29. The van der Waals surface area contributed by atoms with Crippen molar-refractivity contribution in [1.29, 1.82) is 0 Å². The maximum absolute atomic E-state index is 5.13. The van der Waals surface area contributed by atoms with E-state index >= 15 is 0 Å². The van der Waals surface area contributed by atoms with Gasteiger partial charge in [0.15, 0.2) is 0 Å². The molecule has 8 heteroatoms. The highest BCUT2D eigenvalue weighted by molar-refractivity contribution is 7.22. The van der Waals surface area contributed by atoms with Gasteiger partial charge in [0.25, 0.3) is 0 Å². The maximum atomic E-state index is 5.13. The van der Waals surface area contributed by atoms with Crippen molar-refractivity contribution in [3.05, 3.63) is 24.4 Å². The Morgan fingerprint density at radius 2 is 2.08 bits per heavy atom. The van der Waals surface area contributed by atoms with E-state index in [1.54, 1.807) is 18.4 Å². The Hall–Kier alpha value is -2.45. The Kier molecular flexibility index (Phi) is 5.85. The second-order valence-electron chi connectivity index (χ2n) is 6.14. The molecule has 0 saturated heterocycles. The maximum Gasteiger partial charge on any atom is 0.225 e. The molecule has 138 valence electrons. The number of ether oxygens (including phenoxy) is 1. The predicted octanol–water partition coefficient (Wildman–Crippen LogP) is 3.17. The van der Waals surface area contributed by atoms with Crippen LogP contribution in [0.15, 0.2) is 24.4 Å². The largest absolute Gasteiger partial charge is 0.481 e. The number of anilines is 2. The van der Waals surface area contributed by atoms with Gasteiger partial charge in [-0.05, 0) is 39.2 Å². The minimum Gasteiger partial charge on any atom is -0.481 e. The van der Waals surface area contributed by atoms with Crippen LogP contribution in [-0.2, 0) is 0 Å². The predicted molar refractivity (Wildman–Crippen MR) is 108 cm³/mol. The first-order chi connectivity index (χ1) is 12.6. The van der Waals surface area contributed by atoms with E-state index in [0.717, 1.165) is 46.0 Å².